The van der Waals surface area contributed by atoms with Gasteiger partial charge in [-0.25, -0.2) is 9.50 Å². The van der Waals surface area contributed by atoms with Gasteiger partial charge in [-0.1, -0.05) is 35.6 Å². The fraction of sp³-hybridized carbons (Fsp3) is 0.278. The largest absolute Gasteiger partial charge is 0.366 e. The number of nitrogens with zero attached hydrogens (tertiary/aromatic N) is 6. The van der Waals surface area contributed by atoms with Crippen molar-refractivity contribution in [2.24, 2.45) is 0 Å². The van der Waals surface area contributed by atoms with Crippen molar-refractivity contribution in [1.29, 1.82) is 0 Å². The first-order valence-electron chi connectivity index (χ1n) is 8.43. The fourth-order valence-corrected chi connectivity index (χ4v) is 4.40. The van der Waals surface area contributed by atoms with Crippen LogP contribution in [0.4, 0.5) is 10.8 Å². The zero-order chi connectivity index (χ0) is 16.8. The lowest BCUT2D eigenvalue weighted by Gasteiger charge is -2.36. The first-order chi connectivity index (χ1) is 12.3. The molecule has 126 valence electrons. The van der Waals surface area contributed by atoms with Crippen molar-refractivity contribution in [2.75, 3.05) is 36.0 Å². The lowest BCUT2D eigenvalue weighted by molar-refractivity contribution is 0.649. The van der Waals surface area contributed by atoms with Crippen LogP contribution in [0.15, 0.2) is 42.9 Å². The number of piperazine rings is 1. The number of hydrogen-bond acceptors (Lipinski definition) is 6. The van der Waals surface area contributed by atoms with E-state index in [1.807, 2.05) is 30.0 Å². The molecule has 1 aromatic carbocycles. The third kappa shape index (κ3) is 2.51. The summed E-state index contributed by atoms with van der Waals surface area (Å²) in [6, 6.07) is 8.45. The van der Waals surface area contributed by atoms with Crippen molar-refractivity contribution in [1.82, 2.24) is 19.6 Å². The molecule has 0 amide bonds. The molecule has 6 nitrogen and oxygen atoms in total. The molecule has 0 spiro atoms. The van der Waals surface area contributed by atoms with E-state index in [4.69, 9.17) is 0 Å². The van der Waals surface area contributed by atoms with Crippen LogP contribution in [0.3, 0.4) is 0 Å². The second-order valence-corrected chi connectivity index (χ2v) is 7.28. The van der Waals surface area contributed by atoms with Crippen LogP contribution in [-0.4, -0.2) is 45.8 Å². The molecule has 0 atom stereocenters. The van der Waals surface area contributed by atoms with Gasteiger partial charge in [0.05, 0.1) is 23.8 Å². The molecule has 1 aliphatic rings. The molecule has 0 aliphatic carbocycles. The molecule has 1 aliphatic heterocycles. The second-order valence-electron chi connectivity index (χ2n) is 6.35. The molecule has 0 radical (unpaired) electrons. The van der Waals surface area contributed by atoms with Crippen LogP contribution in [-0.2, 0) is 0 Å². The summed E-state index contributed by atoms with van der Waals surface area (Å²) < 4.78 is 1.89. The van der Waals surface area contributed by atoms with Crippen LogP contribution in [0.1, 0.15) is 5.69 Å². The van der Waals surface area contributed by atoms with Crippen LogP contribution in [0.2, 0.25) is 0 Å². The Bertz CT molecular complexity index is 1010. The van der Waals surface area contributed by atoms with Crippen molar-refractivity contribution in [3.8, 4) is 0 Å². The molecule has 25 heavy (non-hydrogen) atoms. The Labute approximate surface area is 149 Å². The molecule has 3 aromatic heterocycles. The summed E-state index contributed by atoms with van der Waals surface area (Å²) in [5, 5.41) is 8.19. The van der Waals surface area contributed by atoms with Gasteiger partial charge < -0.3 is 9.80 Å². The highest BCUT2D eigenvalue weighted by molar-refractivity contribution is 7.20. The number of pyridine rings is 1. The lowest BCUT2D eigenvalue weighted by atomic mass is 10.1. The standard InChI is InChI=1S/C18H18N6S/c1-13-12-24-17(20-13)25-18(21-24)23-8-6-22(7-9-23)16-11-19-10-14-4-2-3-5-15(14)16/h2-5,10-12H,6-9H2,1H3. The average Bonchev–Trinajstić information content (AvgIpc) is 3.19. The highest BCUT2D eigenvalue weighted by Gasteiger charge is 2.22. The minimum absolute atomic E-state index is 0.957. The Hall–Kier alpha value is -2.67. The summed E-state index contributed by atoms with van der Waals surface area (Å²) in [4.78, 5) is 14.7. The first kappa shape index (κ1) is 14.7. The third-order valence-electron chi connectivity index (χ3n) is 4.69. The number of aryl methyl sites for hydroxylation is 1. The highest BCUT2D eigenvalue weighted by atomic mass is 32.1. The van der Waals surface area contributed by atoms with E-state index < -0.39 is 0 Å². The fourth-order valence-electron chi connectivity index (χ4n) is 3.42. The van der Waals surface area contributed by atoms with Gasteiger partial charge in [0, 0.05) is 43.1 Å². The molecular formula is C18H18N6S. The summed E-state index contributed by atoms with van der Waals surface area (Å²) in [6.07, 6.45) is 5.90. The minimum atomic E-state index is 0.957. The van der Waals surface area contributed by atoms with Gasteiger partial charge in [-0.2, -0.15) is 0 Å². The number of hydrogen-bond donors (Lipinski definition) is 0. The van der Waals surface area contributed by atoms with Crippen molar-refractivity contribution in [2.45, 2.75) is 6.92 Å². The molecule has 4 aromatic rings. The van der Waals surface area contributed by atoms with Crippen molar-refractivity contribution < 1.29 is 0 Å². The molecule has 0 saturated carbocycles. The second kappa shape index (κ2) is 5.70. The van der Waals surface area contributed by atoms with E-state index in [2.05, 4.69) is 49.1 Å². The summed E-state index contributed by atoms with van der Waals surface area (Å²) in [5.41, 5.74) is 2.24. The molecular weight excluding hydrogens is 332 g/mol. The molecule has 0 unspecified atom stereocenters. The monoisotopic (exact) mass is 350 g/mol. The van der Waals surface area contributed by atoms with Crippen LogP contribution in [0, 0.1) is 6.92 Å². The Balaban J connectivity index is 1.37. The number of fused-ring (bicyclic) bond motifs is 2. The Morgan fingerprint density at radius 1 is 1.00 bits per heavy atom. The van der Waals surface area contributed by atoms with Gasteiger partial charge in [-0.15, -0.1) is 5.10 Å². The zero-order valence-electron chi connectivity index (χ0n) is 14.0. The molecule has 0 bridgehead atoms. The van der Waals surface area contributed by atoms with E-state index in [0.717, 1.165) is 42.0 Å². The molecule has 1 fully saturated rings. The maximum absolute atomic E-state index is 4.67. The van der Waals surface area contributed by atoms with Gasteiger partial charge in [-0.3, -0.25) is 4.98 Å². The highest BCUT2D eigenvalue weighted by Crippen LogP contribution is 2.28. The van der Waals surface area contributed by atoms with E-state index >= 15 is 0 Å². The maximum Gasteiger partial charge on any atom is 0.214 e. The predicted molar refractivity (Wildman–Crippen MR) is 102 cm³/mol. The van der Waals surface area contributed by atoms with Gasteiger partial charge in [0.1, 0.15) is 0 Å². The first-order valence-corrected chi connectivity index (χ1v) is 9.25. The van der Waals surface area contributed by atoms with Crippen LogP contribution >= 0.6 is 11.3 Å². The van der Waals surface area contributed by atoms with Gasteiger partial charge >= 0.3 is 0 Å². The number of benzene rings is 1. The Kier molecular flexibility index (Phi) is 3.34. The molecule has 5 rings (SSSR count). The smallest absolute Gasteiger partial charge is 0.214 e. The molecule has 4 heterocycles. The van der Waals surface area contributed by atoms with Crippen molar-refractivity contribution >= 4 is 37.9 Å². The molecule has 0 N–H and O–H groups in total. The van der Waals surface area contributed by atoms with Gasteiger partial charge in [0.15, 0.2) is 0 Å². The topological polar surface area (TPSA) is 49.6 Å². The van der Waals surface area contributed by atoms with Crippen molar-refractivity contribution in [3.05, 3.63) is 48.5 Å². The summed E-state index contributed by atoms with van der Waals surface area (Å²) in [7, 11) is 0. The summed E-state index contributed by atoms with van der Waals surface area (Å²) >= 11 is 1.66. The number of rotatable bonds is 2. The van der Waals surface area contributed by atoms with E-state index in [0.29, 0.717) is 0 Å². The van der Waals surface area contributed by atoms with E-state index in [9.17, 15) is 0 Å². The van der Waals surface area contributed by atoms with Gasteiger partial charge in [-0.05, 0) is 6.92 Å². The SMILES string of the molecule is Cc1cn2nc(N3CCN(c4cncc5ccccc45)CC3)sc2n1. The van der Waals surface area contributed by atoms with Crippen LogP contribution in [0.25, 0.3) is 15.7 Å². The zero-order valence-corrected chi connectivity index (χ0v) is 14.8. The van der Waals surface area contributed by atoms with E-state index in [1.165, 1.54) is 16.5 Å². The Morgan fingerprint density at radius 2 is 1.80 bits per heavy atom. The number of aromatic nitrogens is 4. The molecule has 7 heteroatoms. The summed E-state index contributed by atoms with van der Waals surface area (Å²) in [5.74, 6) is 0. The van der Waals surface area contributed by atoms with Crippen molar-refractivity contribution in [3.63, 3.8) is 0 Å². The van der Waals surface area contributed by atoms with Gasteiger partial charge in [0.2, 0.25) is 10.1 Å². The molecule has 1 saturated heterocycles. The summed E-state index contributed by atoms with van der Waals surface area (Å²) in [6.45, 7) is 5.85. The quantitative estimate of drug-likeness (QED) is 0.556. The predicted octanol–water partition coefficient (Wildman–Crippen LogP) is 2.97. The van der Waals surface area contributed by atoms with Crippen LogP contribution in [0.5, 0.6) is 0 Å². The van der Waals surface area contributed by atoms with E-state index in [1.54, 1.807) is 11.3 Å². The minimum Gasteiger partial charge on any atom is -0.366 e. The Morgan fingerprint density at radius 3 is 2.64 bits per heavy atom. The number of anilines is 2. The lowest BCUT2D eigenvalue weighted by Crippen LogP contribution is -2.46. The maximum atomic E-state index is 4.67. The van der Waals surface area contributed by atoms with E-state index in [-0.39, 0.29) is 0 Å². The third-order valence-corrected chi connectivity index (χ3v) is 5.67. The number of imidazole rings is 1. The van der Waals surface area contributed by atoms with Gasteiger partial charge in [0.25, 0.3) is 0 Å². The van der Waals surface area contributed by atoms with Crippen LogP contribution < -0.4 is 9.80 Å². The normalized spacial score (nSPS) is 15.4. The average molecular weight is 350 g/mol.